The number of nitrogens with zero attached hydrogens (tertiary/aromatic N) is 2. The second kappa shape index (κ2) is 1.71. The molecule has 7 heavy (non-hydrogen) atoms. The first kappa shape index (κ1) is 4.28. The van der Waals surface area contributed by atoms with Crippen LogP contribution < -0.4 is 0 Å². The predicted octanol–water partition coefficient (Wildman–Crippen LogP) is 0.100. The minimum Gasteiger partial charge on any atom is -0.345 e. The quantitative estimate of drug-likeness (QED) is 0.428. The summed E-state index contributed by atoms with van der Waals surface area (Å²) in [6.45, 7) is 1.62. The summed E-state index contributed by atoms with van der Waals surface area (Å²) in [5.41, 5.74) is 0.444. The Labute approximate surface area is 41.2 Å². The summed E-state index contributed by atoms with van der Waals surface area (Å²) in [4.78, 5) is 3.56. The van der Waals surface area contributed by atoms with Crippen molar-refractivity contribution >= 4 is 5.71 Å². The topological polar surface area (TPSA) is 45.4 Å². The van der Waals surface area contributed by atoms with E-state index >= 15 is 0 Å². The van der Waals surface area contributed by atoms with Crippen LogP contribution in [0, 0.1) is 18.1 Å². The van der Waals surface area contributed by atoms with Crippen molar-refractivity contribution in [3.63, 3.8) is 0 Å². The summed E-state index contributed by atoms with van der Waals surface area (Å²) in [5, 5.41) is 8.09. The fraction of sp³-hybridized carbons (Fsp3) is 0.250. The largest absolute Gasteiger partial charge is 0.345 e. The van der Waals surface area contributed by atoms with Crippen molar-refractivity contribution in [1.29, 1.82) is 5.26 Å². The molecule has 0 N–H and O–H groups in total. The first-order chi connectivity index (χ1) is 3.43. The van der Waals surface area contributed by atoms with E-state index in [1.165, 1.54) is 6.73 Å². The van der Waals surface area contributed by atoms with Crippen LogP contribution in [0.2, 0.25) is 0 Å². The van der Waals surface area contributed by atoms with E-state index in [2.05, 4.69) is 9.73 Å². The van der Waals surface area contributed by atoms with E-state index in [0.29, 0.717) is 12.3 Å². The lowest BCUT2D eigenvalue weighted by molar-refractivity contribution is 0.266. The smallest absolute Gasteiger partial charge is 0.196 e. The highest BCUT2D eigenvalue weighted by Gasteiger charge is 2.02. The number of rotatable bonds is 0. The Hall–Kier alpha value is -0.880. The van der Waals surface area contributed by atoms with Crippen LogP contribution in [-0.4, -0.2) is 12.3 Å². The second-order valence-electron chi connectivity index (χ2n) is 1.10. The Morgan fingerprint density at radius 1 is 2.00 bits per heavy atom. The molecule has 0 aromatic rings. The van der Waals surface area contributed by atoms with Crippen molar-refractivity contribution in [3.05, 3.63) is 6.73 Å². The van der Waals surface area contributed by atoms with Gasteiger partial charge in [0.25, 0.3) is 0 Å². The van der Waals surface area contributed by atoms with Crippen molar-refractivity contribution in [3.8, 4) is 6.07 Å². The van der Waals surface area contributed by atoms with Gasteiger partial charge in [-0.1, -0.05) is 0 Å². The van der Waals surface area contributed by atoms with Gasteiger partial charge in [0, 0.05) is 0 Å². The van der Waals surface area contributed by atoms with Crippen LogP contribution >= 0.6 is 0 Å². The van der Waals surface area contributed by atoms with Gasteiger partial charge in [-0.25, -0.2) is 4.99 Å². The summed E-state index contributed by atoms with van der Waals surface area (Å²) < 4.78 is 4.60. The molecule has 0 atom stereocenters. The van der Waals surface area contributed by atoms with Crippen molar-refractivity contribution in [1.82, 2.24) is 0 Å². The van der Waals surface area contributed by atoms with Crippen molar-refractivity contribution < 1.29 is 4.74 Å². The zero-order valence-corrected chi connectivity index (χ0v) is 3.59. The maximum atomic E-state index is 8.09. The first-order valence-corrected chi connectivity index (χ1v) is 1.83. The van der Waals surface area contributed by atoms with Gasteiger partial charge < -0.3 is 4.74 Å². The van der Waals surface area contributed by atoms with Gasteiger partial charge in [-0.05, 0) is 0 Å². The van der Waals surface area contributed by atoms with Crippen molar-refractivity contribution in [2.45, 2.75) is 0 Å². The fourth-order valence-electron chi connectivity index (χ4n) is 0.316. The van der Waals surface area contributed by atoms with Crippen LogP contribution in [0.1, 0.15) is 0 Å². The molecule has 1 aliphatic rings. The van der Waals surface area contributed by atoms with Crippen LogP contribution in [0.5, 0.6) is 0 Å². The van der Waals surface area contributed by atoms with E-state index in [4.69, 9.17) is 5.26 Å². The highest BCUT2D eigenvalue weighted by molar-refractivity contribution is 6.00. The van der Waals surface area contributed by atoms with Gasteiger partial charge >= 0.3 is 0 Å². The molecule has 3 nitrogen and oxygen atoms in total. The monoisotopic (exact) mass is 95.0 g/mol. The molecule has 0 saturated heterocycles. The lowest BCUT2D eigenvalue weighted by Gasteiger charge is -1.76. The predicted molar refractivity (Wildman–Crippen MR) is 23.3 cm³/mol. The normalized spacial score (nSPS) is 18.4. The Morgan fingerprint density at radius 2 is 2.86 bits per heavy atom. The third kappa shape index (κ3) is 0.756. The van der Waals surface area contributed by atoms with E-state index in [1.54, 1.807) is 0 Å². The number of nitriles is 1. The molecule has 0 bridgehead atoms. The van der Waals surface area contributed by atoms with Crippen LogP contribution in [0.4, 0.5) is 0 Å². The van der Waals surface area contributed by atoms with Crippen LogP contribution in [-0.2, 0) is 4.74 Å². The Kier molecular flexibility index (Phi) is 1.05. The molecule has 1 heterocycles. The van der Waals surface area contributed by atoms with E-state index in [-0.39, 0.29) is 0 Å². The lowest BCUT2D eigenvalue weighted by atomic mass is 10.5. The summed E-state index contributed by atoms with van der Waals surface area (Å²) in [5.74, 6) is 0. The van der Waals surface area contributed by atoms with Gasteiger partial charge in [0.15, 0.2) is 6.73 Å². The minimum absolute atomic E-state index is 0.344. The highest BCUT2D eigenvalue weighted by atomic mass is 16.5. The summed E-state index contributed by atoms with van der Waals surface area (Å²) in [6.07, 6.45) is 0. The highest BCUT2D eigenvalue weighted by Crippen LogP contribution is 1.95. The third-order valence-electron chi connectivity index (χ3n) is 0.632. The Bertz CT molecular complexity index is 133. The molecule has 0 spiro atoms. The summed E-state index contributed by atoms with van der Waals surface area (Å²) in [7, 11) is 0. The molecule has 1 aliphatic heterocycles. The summed E-state index contributed by atoms with van der Waals surface area (Å²) in [6, 6.07) is 1.86. The van der Waals surface area contributed by atoms with Gasteiger partial charge in [-0.2, -0.15) is 5.26 Å². The zero-order valence-electron chi connectivity index (χ0n) is 3.59. The standard InChI is InChI=1S/C4H3N2O/c5-1-4-2-7-3-6-4/h3H,2H2. The third-order valence-corrected chi connectivity index (χ3v) is 0.632. The molecule has 0 unspecified atom stereocenters. The molecule has 0 saturated carbocycles. The lowest BCUT2D eigenvalue weighted by Crippen LogP contribution is -1.93. The number of ether oxygens (including phenoxy) is 1. The van der Waals surface area contributed by atoms with Crippen LogP contribution in [0.15, 0.2) is 4.99 Å². The Balaban J connectivity index is 2.57. The van der Waals surface area contributed by atoms with E-state index in [9.17, 15) is 0 Å². The average Bonchev–Trinajstić information content (AvgIpc) is 2.14. The number of hydrogen-bond donors (Lipinski definition) is 0. The SMILES string of the molecule is N#CC1=N[CH]OC1. The zero-order chi connectivity index (χ0) is 5.11. The van der Waals surface area contributed by atoms with E-state index < -0.39 is 0 Å². The van der Waals surface area contributed by atoms with Gasteiger partial charge in [0.1, 0.15) is 18.4 Å². The number of aliphatic imine (C=N–C) groups is 1. The molecule has 35 valence electrons. The molecule has 0 fully saturated rings. The van der Waals surface area contributed by atoms with Crippen molar-refractivity contribution in [2.24, 2.45) is 4.99 Å². The van der Waals surface area contributed by atoms with Crippen LogP contribution in [0.25, 0.3) is 0 Å². The molecule has 0 aromatic carbocycles. The van der Waals surface area contributed by atoms with Crippen LogP contribution in [0.3, 0.4) is 0 Å². The fourth-order valence-corrected chi connectivity index (χ4v) is 0.316. The maximum Gasteiger partial charge on any atom is 0.196 e. The minimum atomic E-state index is 0.344. The Morgan fingerprint density at radius 3 is 3.14 bits per heavy atom. The van der Waals surface area contributed by atoms with E-state index in [0.717, 1.165) is 0 Å². The molecule has 1 radical (unpaired) electrons. The number of hydrogen-bond acceptors (Lipinski definition) is 3. The molecule has 1 rings (SSSR count). The second-order valence-corrected chi connectivity index (χ2v) is 1.10. The first-order valence-electron chi connectivity index (χ1n) is 1.83. The van der Waals surface area contributed by atoms with Crippen molar-refractivity contribution in [2.75, 3.05) is 6.61 Å². The molecule has 0 amide bonds. The molecule has 0 aromatic heterocycles. The molecule has 0 aliphatic carbocycles. The van der Waals surface area contributed by atoms with E-state index in [1.807, 2.05) is 6.07 Å². The average molecular weight is 95.1 g/mol. The molecular weight excluding hydrogens is 92.1 g/mol. The molecule has 3 heteroatoms. The van der Waals surface area contributed by atoms with Gasteiger partial charge in [-0.15, -0.1) is 0 Å². The summed E-state index contributed by atoms with van der Waals surface area (Å²) >= 11 is 0. The molecular formula is C4H3N2O. The van der Waals surface area contributed by atoms with Gasteiger partial charge in [-0.3, -0.25) is 0 Å². The van der Waals surface area contributed by atoms with Gasteiger partial charge in [0.2, 0.25) is 0 Å². The maximum absolute atomic E-state index is 8.09. The van der Waals surface area contributed by atoms with Gasteiger partial charge in [0.05, 0.1) is 0 Å².